The molecule has 2 aromatic carbocycles. The number of para-hydroxylation sites is 1. The molecule has 0 spiro atoms. The van der Waals surface area contributed by atoms with E-state index in [-0.39, 0.29) is 11.8 Å². The fourth-order valence-corrected chi connectivity index (χ4v) is 3.35. The number of nitrogens with one attached hydrogen (secondary N) is 2. The highest BCUT2D eigenvalue weighted by Crippen LogP contribution is 2.18. The number of hydrogen-bond donors (Lipinski definition) is 2. The number of H-pyrrole nitrogens is 1. The third kappa shape index (κ3) is 5.00. The van der Waals surface area contributed by atoms with Gasteiger partial charge in [-0.05, 0) is 36.1 Å². The van der Waals surface area contributed by atoms with Gasteiger partial charge in [-0.3, -0.25) is 9.59 Å². The highest BCUT2D eigenvalue weighted by Gasteiger charge is 2.13. The first-order valence-electron chi connectivity index (χ1n) is 9.66. The minimum absolute atomic E-state index is 0.00783. The summed E-state index contributed by atoms with van der Waals surface area (Å²) in [6, 6.07) is 16.1. The molecule has 2 N–H and O–H groups in total. The molecule has 1 heterocycles. The lowest BCUT2D eigenvalue weighted by molar-refractivity contribution is -0.129. The second kappa shape index (κ2) is 9.22. The van der Waals surface area contributed by atoms with Crippen molar-refractivity contribution in [2.24, 2.45) is 0 Å². The summed E-state index contributed by atoms with van der Waals surface area (Å²) in [4.78, 5) is 29.2. The molecule has 3 rings (SSSR count). The van der Waals surface area contributed by atoms with Gasteiger partial charge in [0.05, 0.1) is 0 Å². The Hall–Kier alpha value is -3.08. The maximum absolute atomic E-state index is 12.2. The van der Waals surface area contributed by atoms with Gasteiger partial charge in [-0.1, -0.05) is 42.5 Å². The zero-order valence-electron chi connectivity index (χ0n) is 16.5. The SMILES string of the molecule is CC(=O)N(CCC(=O)NCc1ccccc1C)CCc1c[nH]c2ccccc12. The lowest BCUT2D eigenvalue weighted by atomic mass is 10.1. The van der Waals surface area contributed by atoms with Crippen molar-refractivity contribution in [3.8, 4) is 0 Å². The number of rotatable bonds is 8. The Balaban J connectivity index is 1.50. The summed E-state index contributed by atoms with van der Waals surface area (Å²) in [7, 11) is 0. The van der Waals surface area contributed by atoms with E-state index < -0.39 is 0 Å². The molecular weight excluding hydrogens is 350 g/mol. The van der Waals surface area contributed by atoms with Crippen LogP contribution in [0.5, 0.6) is 0 Å². The van der Waals surface area contributed by atoms with Crippen molar-refractivity contribution in [3.05, 3.63) is 71.4 Å². The van der Waals surface area contributed by atoms with E-state index in [1.165, 1.54) is 10.9 Å². The van der Waals surface area contributed by atoms with E-state index in [0.29, 0.717) is 26.1 Å². The Labute approximate surface area is 165 Å². The summed E-state index contributed by atoms with van der Waals surface area (Å²) >= 11 is 0. The maximum Gasteiger partial charge on any atom is 0.222 e. The first kappa shape index (κ1) is 19.7. The van der Waals surface area contributed by atoms with Gasteiger partial charge in [0.25, 0.3) is 0 Å². The van der Waals surface area contributed by atoms with Crippen LogP contribution in [0.25, 0.3) is 10.9 Å². The van der Waals surface area contributed by atoms with Gasteiger partial charge in [0.15, 0.2) is 0 Å². The van der Waals surface area contributed by atoms with Crippen LogP contribution in [0, 0.1) is 6.92 Å². The minimum Gasteiger partial charge on any atom is -0.361 e. The number of carbonyl (C=O) groups is 2. The molecule has 0 aliphatic rings. The highest BCUT2D eigenvalue weighted by molar-refractivity contribution is 5.83. The first-order valence-corrected chi connectivity index (χ1v) is 9.66. The molecule has 5 nitrogen and oxygen atoms in total. The number of fused-ring (bicyclic) bond motifs is 1. The van der Waals surface area contributed by atoms with Gasteiger partial charge in [-0.25, -0.2) is 0 Å². The zero-order valence-corrected chi connectivity index (χ0v) is 16.5. The summed E-state index contributed by atoms with van der Waals surface area (Å²) in [5, 5.41) is 4.13. The van der Waals surface area contributed by atoms with Crippen molar-refractivity contribution in [2.75, 3.05) is 13.1 Å². The van der Waals surface area contributed by atoms with Crippen LogP contribution in [0.3, 0.4) is 0 Å². The van der Waals surface area contributed by atoms with Crippen LogP contribution in [0.1, 0.15) is 30.0 Å². The number of hydrogen-bond acceptors (Lipinski definition) is 2. The van der Waals surface area contributed by atoms with Crippen LogP contribution in [-0.4, -0.2) is 34.8 Å². The molecule has 0 bridgehead atoms. The number of aromatic nitrogens is 1. The fraction of sp³-hybridized carbons (Fsp3) is 0.304. The lowest BCUT2D eigenvalue weighted by Gasteiger charge is -2.20. The highest BCUT2D eigenvalue weighted by atomic mass is 16.2. The van der Waals surface area contributed by atoms with Crippen LogP contribution in [0.15, 0.2) is 54.7 Å². The van der Waals surface area contributed by atoms with Crippen LogP contribution in [0.4, 0.5) is 0 Å². The Morgan fingerprint density at radius 1 is 1.00 bits per heavy atom. The molecular formula is C23H27N3O2. The number of carbonyl (C=O) groups excluding carboxylic acids is 2. The molecule has 0 radical (unpaired) electrons. The van der Waals surface area contributed by atoms with Crippen molar-refractivity contribution in [1.82, 2.24) is 15.2 Å². The Morgan fingerprint density at radius 2 is 1.75 bits per heavy atom. The van der Waals surface area contributed by atoms with E-state index in [4.69, 9.17) is 0 Å². The van der Waals surface area contributed by atoms with Crippen molar-refractivity contribution in [3.63, 3.8) is 0 Å². The molecule has 0 aliphatic heterocycles. The third-order valence-corrected chi connectivity index (χ3v) is 5.12. The summed E-state index contributed by atoms with van der Waals surface area (Å²) in [6.07, 6.45) is 3.06. The van der Waals surface area contributed by atoms with Crippen LogP contribution < -0.4 is 5.32 Å². The third-order valence-electron chi connectivity index (χ3n) is 5.12. The Morgan fingerprint density at radius 3 is 2.54 bits per heavy atom. The van der Waals surface area contributed by atoms with E-state index in [1.807, 2.05) is 55.6 Å². The maximum atomic E-state index is 12.2. The van der Waals surface area contributed by atoms with Crippen molar-refractivity contribution < 1.29 is 9.59 Å². The van der Waals surface area contributed by atoms with Crippen molar-refractivity contribution >= 4 is 22.7 Å². The topological polar surface area (TPSA) is 65.2 Å². The number of aryl methyl sites for hydroxylation is 1. The lowest BCUT2D eigenvalue weighted by Crippen LogP contribution is -2.35. The Kier molecular flexibility index (Phi) is 6.48. The van der Waals surface area contributed by atoms with Gasteiger partial charge in [0.2, 0.25) is 11.8 Å². The molecule has 0 saturated carbocycles. The summed E-state index contributed by atoms with van der Waals surface area (Å²) in [6.45, 7) is 5.13. The van der Waals surface area contributed by atoms with Crippen LogP contribution in [-0.2, 0) is 22.6 Å². The van der Waals surface area contributed by atoms with Gasteiger partial charge in [0, 0.05) is 50.1 Å². The molecule has 28 heavy (non-hydrogen) atoms. The summed E-state index contributed by atoms with van der Waals surface area (Å²) in [5.74, 6) is -0.0480. The van der Waals surface area contributed by atoms with E-state index in [1.54, 1.807) is 11.8 Å². The van der Waals surface area contributed by atoms with E-state index >= 15 is 0 Å². The van der Waals surface area contributed by atoms with Gasteiger partial charge < -0.3 is 15.2 Å². The molecule has 146 valence electrons. The van der Waals surface area contributed by atoms with Gasteiger partial charge in [-0.2, -0.15) is 0 Å². The van der Waals surface area contributed by atoms with Gasteiger partial charge >= 0.3 is 0 Å². The first-order chi connectivity index (χ1) is 13.5. The predicted octanol–water partition coefficient (Wildman–Crippen LogP) is 3.57. The van der Waals surface area contributed by atoms with Gasteiger partial charge in [-0.15, -0.1) is 0 Å². The molecule has 3 aromatic rings. The van der Waals surface area contributed by atoms with E-state index in [9.17, 15) is 9.59 Å². The van der Waals surface area contributed by atoms with Crippen LogP contribution in [0.2, 0.25) is 0 Å². The van der Waals surface area contributed by atoms with Crippen molar-refractivity contribution in [1.29, 1.82) is 0 Å². The average molecular weight is 377 g/mol. The van der Waals surface area contributed by atoms with Crippen LogP contribution >= 0.6 is 0 Å². The standard InChI is InChI=1S/C23H27N3O2/c1-17-7-3-4-8-19(17)15-25-23(28)12-14-26(18(2)27)13-11-20-16-24-22-10-6-5-9-21(20)22/h3-10,16,24H,11-15H2,1-2H3,(H,25,28). The molecule has 2 amide bonds. The zero-order chi connectivity index (χ0) is 19.9. The van der Waals surface area contributed by atoms with Crippen molar-refractivity contribution in [2.45, 2.75) is 33.2 Å². The average Bonchev–Trinajstić information content (AvgIpc) is 3.10. The minimum atomic E-state index is -0.0402. The quantitative estimate of drug-likeness (QED) is 0.630. The number of nitrogens with zero attached hydrogens (tertiary/aromatic N) is 1. The van der Waals surface area contributed by atoms with E-state index in [0.717, 1.165) is 23.1 Å². The molecule has 0 aliphatic carbocycles. The number of aromatic amines is 1. The molecule has 0 unspecified atom stereocenters. The summed E-state index contributed by atoms with van der Waals surface area (Å²) in [5.41, 5.74) is 4.55. The molecule has 0 saturated heterocycles. The second-order valence-corrected chi connectivity index (χ2v) is 7.07. The largest absolute Gasteiger partial charge is 0.361 e. The number of amides is 2. The number of benzene rings is 2. The smallest absolute Gasteiger partial charge is 0.222 e. The van der Waals surface area contributed by atoms with E-state index in [2.05, 4.69) is 16.4 Å². The molecule has 0 fully saturated rings. The predicted molar refractivity (Wildman–Crippen MR) is 112 cm³/mol. The fourth-order valence-electron chi connectivity index (χ4n) is 3.35. The monoisotopic (exact) mass is 377 g/mol. The Bertz CT molecular complexity index is 961. The normalized spacial score (nSPS) is 10.8. The van der Waals surface area contributed by atoms with Gasteiger partial charge in [0.1, 0.15) is 0 Å². The summed E-state index contributed by atoms with van der Waals surface area (Å²) < 4.78 is 0. The molecule has 1 aromatic heterocycles. The second-order valence-electron chi connectivity index (χ2n) is 7.07. The molecule has 5 heteroatoms. The molecule has 0 atom stereocenters.